The summed E-state index contributed by atoms with van der Waals surface area (Å²) in [5, 5.41) is 11.4. The van der Waals surface area contributed by atoms with Crippen molar-refractivity contribution in [1.29, 1.82) is 0 Å². The number of hydrogen-bond acceptors (Lipinski definition) is 5. The van der Waals surface area contributed by atoms with Crippen LogP contribution in [0.5, 0.6) is 0 Å². The van der Waals surface area contributed by atoms with E-state index in [1.807, 2.05) is 0 Å². The number of sulfonamides is 1. The number of non-ortho nitro benzene ring substituents is 1. The summed E-state index contributed by atoms with van der Waals surface area (Å²) in [6.07, 6.45) is 0.130. The van der Waals surface area contributed by atoms with Gasteiger partial charge >= 0.3 is 0 Å². The summed E-state index contributed by atoms with van der Waals surface area (Å²) < 4.78 is 28.1. The van der Waals surface area contributed by atoms with E-state index in [0.717, 1.165) is 4.31 Å². The second kappa shape index (κ2) is 9.90. The van der Waals surface area contributed by atoms with Crippen molar-refractivity contribution >= 4 is 33.2 Å². The number of rotatable bonds is 9. The van der Waals surface area contributed by atoms with Gasteiger partial charge in [-0.25, -0.2) is 8.42 Å². The molecule has 0 saturated carbocycles. The van der Waals surface area contributed by atoms with Gasteiger partial charge in [0.2, 0.25) is 15.9 Å². The maximum Gasteiger partial charge on any atom is 0.269 e. The molecule has 0 aliphatic heterocycles. The first-order valence-electron chi connectivity index (χ1n) is 9.55. The molecule has 0 spiro atoms. The first-order valence-corrected chi connectivity index (χ1v) is 11.4. The Morgan fingerprint density at radius 2 is 1.69 bits per heavy atom. The van der Waals surface area contributed by atoms with Gasteiger partial charge in [-0.2, -0.15) is 4.31 Å². The van der Waals surface area contributed by atoms with E-state index in [4.69, 9.17) is 17.3 Å². The summed E-state index contributed by atoms with van der Waals surface area (Å²) in [4.78, 5) is 22.9. The largest absolute Gasteiger partial charge is 0.368 e. The molecule has 3 aromatic carbocycles. The Kier molecular flexibility index (Phi) is 7.24. The summed E-state index contributed by atoms with van der Waals surface area (Å²) in [5.41, 5.74) is 6.50. The minimum absolute atomic E-state index is 0.0527. The van der Waals surface area contributed by atoms with E-state index in [2.05, 4.69) is 0 Å². The topological polar surface area (TPSA) is 124 Å². The van der Waals surface area contributed by atoms with Gasteiger partial charge in [-0.3, -0.25) is 14.9 Å². The van der Waals surface area contributed by atoms with Crippen LogP contribution < -0.4 is 5.73 Å². The molecule has 1 unspecified atom stereocenters. The van der Waals surface area contributed by atoms with Crippen molar-refractivity contribution in [2.75, 3.05) is 6.54 Å². The molecule has 0 aliphatic carbocycles. The monoisotopic (exact) mass is 473 g/mol. The van der Waals surface area contributed by atoms with Crippen LogP contribution in [0, 0.1) is 10.1 Å². The number of nitro groups is 1. The van der Waals surface area contributed by atoms with Gasteiger partial charge in [0.15, 0.2) is 0 Å². The Bertz CT molecular complexity index is 1220. The first-order chi connectivity index (χ1) is 15.2. The number of amides is 1. The van der Waals surface area contributed by atoms with Crippen LogP contribution in [0.1, 0.15) is 17.2 Å². The van der Waals surface area contributed by atoms with E-state index >= 15 is 0 Å². The zero-order valence-corrected chi connectivity index (χ0v) is 18.4. The average Bonchev–Trinajstić information content (AvgIpc) is 2.77. The highest BCUT2D eigenvalue weighted by Crippen LogP contribution is 2.29. The second-order valence-corrected chi connectivity index (χ2v) is 9.29. The smallest absolute Gasteiger partial charge is 0.269 e. The maximum absolute atomic E-state index is 13.5. The standard InChI is InChI=1S/C22H20ClN3O5S/c23-18-9-11-20(12-10-18)32(30,31)25(21(22(24)27)17-6-2-1-3-7-17)14-13-16-5-4-8-19(15-16)26(28)29/h1-12,15,21H,13-14H2,(H2,24,27). The van der Waals surface area contributed by atoms with Gasteiger partial charge in [-0.15, -0.1) is 0 Å². The fraction of sp³-hybridized carbons (Fsp3) is 0.136. The maximum atomic E-state index is 13.5. The van der Waals surface area contributed by atoms with Crippen molar-refractivity contribution in [3.63, 3.8) is 0 Å². The third kappa shape index (κ3) is 5.31. The first kappa shape index (κ1) is 23.4. The minimum Gasteiger partial charge on any atom is -0.368 e. The molecule has 32 heavy (non-hydrogen) atoms. The molecule has 1 atom stereocenters. The Labute approximate surface area is 190 Å². The van der Waals surface area contributed by atoms with Crippen molar-refractivity contribution in [2.24, 2.45) is 5.73 Å². The van der Waals surface area contributed by atoms with Crippen molar-refractivity contribution in [3.05, 3.63) is 105 Å². The molecule has 166 valence electrons. The van der Waals surface area contributed by atoms with Crippen LogP contribution in [0.25, 0.3) is 0 Å². The van der Waals surface area contributed by atoms with Gasteiger partial charge in [-0.1, -0.05) is 54.1 Å². The van der Waals surface area contributed by atoms with E-state index in [9.17, 15) is 23.3 Å². The number of carbonyl (C=O) groups excluding carboxylic acids is 1. The Balaban J connectivity index is 2.04. The molecule has 0 saturated heterocycles. The molecular weight excluding hydrogens is 454 g/mol. The molecule has 3 aromatic rings. The van der Waals surface area contributed by atoms with Gasteiger partial charge in [0.05, 0.1) is 9.82 Å². The Hall–Kier alpha value is -3.27. The summed E-state index contributed by atoms with van der Waals surface area (Å²) >= 11 is 5.89. The zero-order valence-electron chi connectivity index (χ0n) is 16.8. The molecule has 0 bridgehead atoms. The molecule has 0 heterocycles. The van der Waals surface area contributed by atoms with Crippen LogP contribution in [-0.4, -0.2) is 30.1 Å². The van der Waals surface area contributed by atoms with Gasteiger partial charge in [-0.05, 0) is 41.8 Å². The molecule has 0 radical (unpaired) electrons. The molecule has 3 rings (SSSR count). The van der Waals surface area contributed by atoms with E-state index < -0.39 is 26.9 Å². The van der Waals surface area contributed by atoms with Crippen LogP contribution in [0.3, 0.4) is 0 Å². The van der Waals surface area contributed by atoms with Crippen LogP contribution in [0.2, 0.25) is 5.02 Å². The van der Waals surface area contributed by atoms with Crippen LogP contribution >= 0.6 is 11.6 Å². The lowest BCUT2D eigenvalue weighted by atomic mass is 10.1. The van der Waals surface area contributed by atoms with Gasteiger partial charge < -0.3 is 5.73 Å². The van der Waals surface area contributed by atoms with Gasteiger partial charge in [0, 0.05) is 23.7 Å². The molecule has 10 heteroatoms. The van der Waals surface area contributed by atoms with Crippen molar-refractivity contribution < 1.29 is 18.1 Å². The zero-order chi connectivity index (χ0) is 23.3. The normalized spacial score (nSPS) is 12.4. The summed E-state index contributed by atoms with van der Waals surface area (Å²) in [6.45, 7) is -0.130. The molecule has 8 nitrogen and oxygen atoms in total. The third-order valence-electron chi connectivity index (χ3n) is 4.84. The molecule has 2 N–H and O–H groups in total. The molecule has 0 aromatic heterocycles. The summed E-state index contributed by atoms with van der Waals surface area (Å²) in [7, 11) is -4.17. The number of hydrogen-bond donors (Lipinski definition) is 1. The number of carbonyl (C=O) groups is 1. The lowest BCUT2D eigenvalue weighted by Gasteiger charge is -2.29. The fourth-order valence-electron chi connectivity index (χ4n) is 3.30. The Morgan fingerprint density at radius 1 is 1.03 bits per heavy atom. The molecular formula is C22H20ClN3O5S. The molecule has 0 aliphatic rings. The number of primary amides is 1. The predicted molar refractivity (Wildman–Crippen MR) is 121 cm³/mol. The fourth-order valence-corrected chi connectivity index (χ4v) is 5.01. The highest BCUT2D eigenvalue weighted by Gasteiger charge is 2.35. The lowest BCUT2D eigenvalue weighted by Crippen LogP contribution is -2.42. The van der Waals surface area contributed by atoms with E-state index in [0.29, 0.717) is 16.1 Å². The van der Waals surface area contributed by atoms with Gasteiger partial charge in [0.25, 0.3) is 5.69 Å². The quantitative estimate of drug-likeness (QED) is 0.374. The summed E-state index contributed by atoms with van der Waals surface area (Å²) in [6, 6.07) is 18.5. The summed E-state index contributed by atoms with van der Waals surface area (Å²) in [5.74, 6) is -0.840. The highest BCUT2D eigenvalue weighted by molar-refractivity contribution is 7.89. The average molecular weight is 474 g/mol. The predicted octanol–water partition coefficient (Wildman–Crippen LogP) is 3.71. The highest BCUT2D eigenvalue weighted by atomic mass is 35.5. The lowest BCUT2D eigenvalue weighted by molar-refractivity contribution is -0.384. The van der Waals surface area contributed by atoms with E-state index in [1.54, 1.807) is 36.4 Å². The SMILES string of the molecule is NC(=O)C(c1ccccc1)N(CCc1cccc([N+](=O)[O-])c1)S(=O)(=O)c1ccc(Cl)cc1. The van der Waals surface area contributed by atoms with Crippen LogP contribution in [0.4, 0.5) is 5.69 Å². The minimum atomic E-state index is -4.17. The number of halogens is 1. The van der Waals surface area contributed by atoms with Crippen LogP contribution in [-0.2, 0) is 21.2 Å². The second-order valence-electron chi connectivity index (χ2n) is 6.96. The van der Waals surface area contributed by atoms with E-state index in [-0.39, 0.29) is 23.5 Å². The van der Waals surface area contributed by atoms with E-state index in [1.165, 1.54) is 42.5 Å². The number of benzene rings is 3. The van der Waals surface area contributed by atoms with Crippen molar-refractivity contribution in [2.45, 2.75) is 17.4 Å². The van der Waals surface area contributed by atoms with Gasteiger partial charge in [0.1, 0.15) is 6.04 Å². The molecule has 1 amide bonds. The Morgan fingerprint density at radius 3 is 2.28 bits per heavy atom. The number of nitrogens with two attached hydrogens (primary N) is 1. The number of nitro benzene ring substituents is 1. The third-order valence-corrected chi connectivity index (χ3v) is 6.97. The van der Waals surface area contributed by atoms with Crippen LogP contribution in [0.15, 0.2) is 83.8 Å². The van der Waals surface area contributed by atoms with Crippen molar-refractivity contribution in [1.82, 2.24) is 4.31 Å². The van der Waals surface area contributed by atoms with Crippen molar-refractivity contribution in [3.8, 4) is 0 Å². The molecule has 0 fully saturated rings. The number of nitrogens with zero attached hydrogens (tertiary/aromatic N) is 2.